The molecule has 0 aliphatic rings. The van der Waals surface area contributed by atoms with Gasteiger partial charge in [0, 0.05) is 24.5 Å². The van der Waals surface area contributed by atoms with Gasteiger partial charge in [-0.05, 0) is 12.5 Å². The predicted octanol–water partition coefficient (Wildman–Crippen LogP) is 3.08. The van der Waals surface area contributed by atoms with E-state index in [1.165, 1.54) is 12.4 Å². The SMILES string of the molecule is CCCn1ncc(Cl)c1C(O)c1ccncc1Cl. The molecule has 0 saturated heterocycles. The van der Waals surface area contributed by atoms with Crippen LogP contribution >= 0.6 is 23.2 Å². The van der Waals surface area contributed by atoms with Crippen LogP contribution in [0.3, 0.4) is 0 Å². The summed E-state index contributed by atoms with van der Waals surface area (Å²) < 4.78 is 1.70. The van der Waals surface area contributed by atoms with Crippen LogP contribution in [0.25, 0.3) is 0 Å². The maximum Gasteiger partial charge on any atom is 0.124 e. The molecule has 0 radical (unpaired) electrons. The first-order valence-electron chi connectivity index (χ1n) is 5.63. The molecule has 6 heteroatoms. The number of hydrogen-bond donors (Lipinski definition) is 1. The Kier molecular flexibility index (Phi) is 4.22. The predicted molar refractivity (Wildman–Crippen MR) is 70.8 cm³/mol. The van der Waals surface area contributed by atoms with E-state index in [1.807, 2.05) is 6.92 Å². The van der Waals surface area contributed by atoms with Gasteiger partial charge in [-0.1, -0.05) is 30.1 Å². The van der Waals surface area contributed by atoms with E-state index in [1.54, 1.807) is 16.9 Å². The second kappa shape index (κ2) is 5.69. The van der Waals surface area contributed by atoms with Crippen molar-refractivity contribution >= 4 is 23.2 Å². The third kappa shape index (κ3) is 2.51. The molecule has 96 valence electrons. The summed E-state index contributed by atoms with van der Waals surface area (Å²) in [7, 11) is 0. The van der Waals surface area contributed by atoms with E-state index in [4.69, 9.17) is 23.2 Å². The van der Waals surface area contributed by atoms with Crippen LogP contribution in [-0.4, -0.2) is 19.9 Å². The van der Waals surface area contributed by atoms with Gasteiger partial charge in [0.15, 0.2) is 0 Å². The first kappa shape index (κ1) is 13.3. The fraction of sp³-hybridized carbons (Fsp3) is 0.333. The molecular weight excluding hydrogens is 273 g/mol. The molecule has 4 nitrogen and oxygen atoms in total. The maximum absolute atomic E-state index is 10.4. The van der Waals surface area contributed by atoms with E-state index in [0.717, 1.165) is 6.42 Å². The van der Waals surface area contributed by atoms with Crippen molar-refractivity contribution in [2.45, 2.75) is 26.0 Å². The quantitative estimate of drug-likeness (QED) is 0.939. The van der Waals surface area contributed by atoms with Crippen LogP contribution in [0.5, 0.6) is 0 Å². The zero-order valence-electron chi connectivity index (χ0n) is 9.85. The molecule has 18 heavy (non-hydrogen) atoms. The summed E-state index contributed by atoms with van der Waals surface area (Å²) in [4.78, 5) is 3.89. The molecule has 0 saturated carbocycles. The maximum atomic E-state index is 10.4. The lowest BCUT2D eigenvalue weighted by Gasteiger charge is -2.15. The van der Waals surface area contributed by atoms with E-state index < -0.39 is 6.10 Å². The minimum Gasteiger partial charge on any atom is -0.382 e. The minimum atomic E-state index is -0.901. The Hall–Kier alpha value is -1.10. The number of hydrogen-bond acceptors (Lipinski definition) is 3. The second-order valence-electron chi connectivity index (χ2n) is 3.90. The number of aromatic nitrogens is 3. The number of aliphatic hydroxyl groups is 1. The lowest BCUT2D eigenvalue weighted by atomic mass is 10.1. The van der Waals surface area contributed by atoms with Crippen LogP contribution < -0.4 is 0 Å². The molecule has 0 aliphatic carbocycles. The molecule has 2 heterocycles. The van der Waals surface area contributed by atoms with Crippen molar-refractivity contribution in [1.82, 2.24) is 14.8 Å². The lowest BCUT2D eigenvalue weighted by Crippen LogP contribution is -2.11. The van der Waals surface area contributed by atoms with Crippen LogP contribution in [0.1, 0.15) is 30.7 Å². The van der Waals surface area contributed by atoms with Gasteiger partial charge >= 0.3 is 0 Å². The Morgan fingerprint density at radius 2 is 2.11 bits per heavy atom. The number of pyridine rings is 1. The van der Waals surface area contributed by atoms with Gasteiger partial charge in [-0.3, -0.25) is 9.67 Å². The highest BCUT2D eigenvalue weighted by atomic mass is 35.5. The summed E-state index contributed by atoms with van der Waals surface area (Å²) in [6, 6.07) is 1.67. The van der Waals surface area contributed by atoms with Crippen molar-refractivity contribution < 1.29 is 5.11 Å². The third-order valence-electron chi connectivity index (χ3n) is 2.63. The fourth-order valence-electron chi connectivity index (χ4n) is 1.79. The van der Waals surface area contributed by atoms with Crippen molar-refractivity contribution in [3.8, 4) is 0 Å². The molecule has 0 spiro atoms. The fourth-order valence-corrected chi connectivity index (χ4v) is 2.26. The van der Waals surface area contributed by atoms with E-state index in [-0.39, 0.29) is 0 Å². The highest BCUT2D eigenvalue weighted by molar-refractivity contribution is 6.32. The highest BCUT2D eigenvalue weighted by Crippen LogP contribution is 2.31. The molecule has 0 aliphatic heterocycles. The third-order valence-corrected chi connectivity index (χ3v) is 3.23. The number of nitrogens with zero attached hydrogens (tertiary/aromatic N) is 3. The summed E-state index contributed by atoms with van der Waals surface area (Å²) in [5, 5.41) is 15.4. The summed E-state index contributed by atoms with van der Waals surface area (Å²) in [5.74, 6) is 0. The lowest BCUT2D eigenvalue weighted by molar-refractivity contribution is 0.207. The van der Waals surface area contributed by atoms with Gasteiger partial charge in [0.2, 0.25) is 0 Å². The van der Waals surface area contributed by atoms with Crippen molar-refractivity contribution in [2.75, 3.05) is 0 Å². The van der Waals surface area contributed by atoms with Crippen LogP contribution in [0.2, 0.25) is 10.0 Å². The summed E-state index contributed by atoms with van der Waals surface area (Å²) >= 11 is 12.1. The smallest absolute Gasteiger partial charge is 0.124 e. The molecule has 1 N–H and O–H groups in total. The van der Waals surface area contributed by atoms with Gasteiger partial charge in [0.25, 0.3) is 0 Å². The minimum absolute atomic E-state index is 0.408. The van der Waals surface area contributed by atoms with Crippen LogP contribution in [0.15, 0.2) is 24.7 Å². The number of halogens is 2. The molecule has 1 atom stereocenters. The summed E-state index contributed by atoms with van der Waals surface area (Å²) in [6.45, 7) is 2.73. The molecule has 0 bridgehead atoms. The van der Waals surface area contributed by atoms with E-state index in [9.17, 15) is 5.11 Å². The zero-order valence-corrected chi connectivity index (χ0v) is 11.4. The molecule has 0 aromatic carbocycles. The zero-order chi connectivity index (χ0) is 13.1. The first-order valence-corrected chi connectivity index (χ1v) is 6.39. The number of aliphatic hydroxyl groups excluding tert-OH is 1. The highest BCUT2D eigenvalue weighted by Gasteiger charge is 2.21. The van der Waals surface area contributed by atoms with Crippen LogP contribution in [-0.2, 0) is 6.54 Å². The Morgan fingerprint density at radius 3 is 2.78 bits per heavy atom. The van der Waals surface area contributed by atoms with Gasteiger partial charge in [-0.15, -0.1) is 0 Å². The molecule has 1 unspecified atom stereocenters. The Bertz CT molecular complexity index is 542. The average molecular weight is 286 g/mol. The second-order valence-corrected chi connectivity index (χ2v) is 4.72. The van der Waals surface area contributed by atoms with Gasteiger partial charge in [0.1, 0.15) is 6.10 Å². The molecule has 2 aromatic rings. The Labute approximate surface area is 115 Å². The largest absolute Gasteiger partial charge is 0.382 e. The molecular formula is C12H13Cl2N3O. The van der Waals surface area contributed by atoms with Gasteiger partial charge in [0.05, 0.1) is 21.9 Å². The van der Waals surface area contributed by atoms with Crippen molar-refractivity contribution in [3.05, 3.63) is 46.0 Å². The van der Waals surface area contributed by atoms with E-state index in [0.29, 0.717) is 27.8 Å². The van der Waals surface area contributed by atoms with Gasteiger partial charge in [-0.25, -0.2) is 0 Å². The summed E-state index contributed by atoms with van der Waals surface area (Å²) in [5.41, 5.74) is 1.14. The number of rotatable bonds is 4. The standard InChI is InChI=1S/C12H13Cl2N3O/c1-2-5-17-11(10(14)7-16-17)12(18)8-3-4-15-6-9(8)13/h3-4,6-7,12,18H,2,5H2,1H3. The normalized spacial score (nSPS) is 12.7. The monoisotopic (exact) mass is 285 g/mol. The van der Waals surface area contributed by atoms with Crippen LogP contribution in [0.4, 0.5) is 0 Å². The van der Waals surface area contributed by atoms with Gasteiger partial charge in [-0.2, -0.15) is 5.10 Å². The Balaban J connectivity index is 2.42. The van der Waals surface area contributed by atoms with Gasteiger partial charge < -0.3 is 5.11 Å². The van der Waals surface area contributed by atoms with Crippen molar-refractivity contribution in [1.29, 1.82) is 0 Å². The number of aryl methyl sites for hydroxylation is 1. The molecule has 2 rings (SSSR count). The summed E-state index contributed by atoms with van der Waals surface area (Å²) in [6.07, 6.45) is 4.61. The van der Waals surface area contributed by atoms with Crippen LogP contribution in [0, 0.1) is 0 Å². The Morgan fingerprint density at radius 1 is 1.33 bits per heavy atom. The average Bonchev–Trinajstić information content (AvgIpc) is 2.71. The van der Waals surface area contributed by atoms with Crippen molar-refractivity contribution in [3.63, 3.8) is 0 Å². The topological polar surface area (TPSA) is 50.9 Å². The van der Waals surface area contributed by atoms with Crippen molar-refractivity contribution in [2.24, 2.45) is 0 Å². The van der Waals surface area contributed by atoms with E-state index in [2.05, 4.69) is 10.1 Å². The molecule has 0 fully saturated rings. The molecule has 2 aromatic heterocycles. The van der Waals surface area contributed by atoms with E-state index >= 15 is 0 Å². The first-order chi connectivity index (χ1) is 8.65. The molecule has 0 amide bonds.